The third-order valence-electron chi connectivity index (χ3n) is 2.84. The Morgan fingerprint density at radius 2 is 1.56 bits per heavy atom. The molecule has 0 atom stereocenters. The maximum Gasteiger partial charge on any atom is 0.312 e. The molecule has 1 N–H and O–H groups in total. The van der Waals surface area contributed by atoms with Gasteiger partial charge in [-0.15, -0.1) is 0 Å². The summed E-state index contributed by atoms with van der Waals surface area (Å²) < 4.78 is 0. The van der Waals surface area contributed by atoms with Gasteiger partial charge in [-0.3, -0.25) is 14.4 Å². The summed E-state index contributed by atoms with van der Waals surface area (Å²) in [7, 11) is 0. The standard InChI is InChI=1S/C12H21N3O3/c1-4-10(16)14-5-7-15(8-6-14)12(18)11(17)13-9(2)3/h9H,4-8H2,1-3H3,(H,13,17). The van der Waals surface area contributed by atoms with E-state index in [1.54, 1.807) is 4.90 Å². The van der Waals surface area contributed by atoms with E-state index in [2.05, 4.69) is 5.32 Å². The first-order chi connectivity index (χ1) is 8.45. The van der Waals surface area contributed by atoms with Crippen LogP contribution < -0.4 is 5.32 Å². The number of rotatable bonds is 2. The van der Waals surface area contributed by atoms with Crippen molar-refractivity contribution in [2.75, 3.05) is 26.2 Å². The lowest BCUT2D eigenvalue weighted by Crippen LogP contribution is -2.54. The van der Waals surface area contributed by atoms with Crippen LogP contribution in [0.5, 0.6) is 0 Å². The first-order valence-electron chi connectivity index (χ1n) is 6.33. The van der Waals surface area contributed by atoms with Crippen molar-refractivity contribution in [3.8, 4) is 0 Å². The molecule has 0 aromatic carbocycles. The van der Waals surface area contributed by atoms with Crippen LogP contribution in [0.2, 0.25) is 0 Å². The molecule has 0 saturated carbocycles. The highest BCUT2D eigenvalue weighted by atomic mass is 16.2. The van der Waals surface area contributed by atoms with Crippen LogP contribution in [0.4, 0.5) is 0 Å². The Balaban J connectivity index is 2.45. The van der Waals surface area contributed by atoms with E-state index >= 15 is 0 Å². The molecule has 6 heteroatoms. The number of carbonyl (C=O) groups is 3. The largest absolute Gasteiger partial charge is 0.346 e. The zero-order valence-electron chi connectivity index (χ0n) is 11.2. The fraction of sp³-hybridized carbons (Fsp3) is 0.750. The molecule has 1 fully saturated rings. The number of amides is 3. The van der Waals surface area contributed by atoms with Gasteiger partial charge in [0.1, 0.15) is 0 Å². The van der Waals surface area contributed by atoms with Crippen molar-refractivity contribution in [2.24, 2.45) is 0 Å². The molecule has 6 nitrogen and oxygen atoms in total. The lowest BCUT2D eigenvalue weighted by molar-refractivity contribution is -0.148. The van der Waals surface area contributed by atoms with Crippen molar-refractivity contribution in [3.63, 3.8) is 0 Å². The first kappa shape index (κ1) is 14.5. The Kier molecular flexibility index (Phi) is 5.12. The van der Waals surface area contributed by atoms with Crippen molar-refractivity contribution < 1.29 is 14.4 Å². The number of nitrogens with zero attached hydrogens (tertiary/aromatic N) is 2. The maximum absolute atomic E-state index is 11.8. The molecule has 0 unspecified atom stereocenters. The van der Waals surface area contributed by atoms with Crippen LogP contribution in [0.25, 0.3) is 0 Å². The highest BCUT2D eigenvalue weighted by Crippen LogP contribution is 2.04. The summed E-state index contributed by atoms with van der Waals surface area (Å²) >= 11 is 0. The topological polar surface area (TPSA) is 69.7 Å². The molecule has 1 heterocycles. The highest BCUT2D eigenvalue weighted by molar-refractivity contribution is 6.35. The number of hydrogen-bond acceptors (Lipinski definition) is 3. The number of carbonyl (C=O) groups excluding carboxylic acids is 3. The molecule has 3 amide bonds. The Bertz CT molecular complexity index is 333. The Morgan fingerprint density at radius 3 is 2.00 bits per heavy atom. The molecule has 1 rings (SSSR count). The Morgan fingerprint density at radius 1 is 1.06 bits per heavy atom. The summed E-state index contributed by atoms with van der Waals surface area (Å²) in [6, 6.07) is -0.0515. The van der Waals surface area contributed by atoms with Crippen molar-refractivity contribution in [2.45, 2.75) is 33.2 Å². The third kappa shape index (κ3) is 3.72. The van der Waals surface area contributed by atoms with Gasteiger partial charge >= 0.3 is 11.8 Å². The molecule has 18 heavy (non-hydrogen) atoms. The van der Waals surface area contributed by atoms with Gasteiger partial charge in [0.15, 0.2) is 0 Å². The van der Waals surface area contributed by atoms with Crippen LogP contribution in [0, 0.1) is 0 Å². The van der Waals surface area contributed by atoms with Crippen LogP contribution in [-0.4, -0.2) is 59.7 Å². The van der Waals surface area contributed by atoms with E-state index in [0.29, 0.717) is 32.6 Å². The van der Waals surface area contributed by atoms with Crippen molar-refractivity contribution in [1.82, 2.24) is 15.1 Å². The molecule has 0 bridgehead atoms. The second kappa shape index (κ2) is 6.37. The van der Waals surface area contributed by atoms with E-state index in [-0.39, 0.29) is 11.9 Å². The van der Waals surface area contributed by atoms with Gasteiger partial charge in [0.05, 0.1) is 0 Å². The molecule has 0 aromatic rings. The minimum Gasteiger partial charge on any atom is -0.346 e. The van der Waals surface area contributed by atoms with Gasteiger partial charge in [0.25, 0.3) is 0 Å². The predicted molar refractivity (Wildman–Crippen MR) is 66.7 cm³/mol. The first-order valence-corrected chi connectivity index (χ1v) is 6.33. The summed E-state index contributed by atoms with van der Waals surface area (Å²) in [6.45, 7) is 7.30. The van der Waals surface area contributed by atoms with Crippen LogP contribution >= 0.6 is 0 Å². The maximum atomic E-state index is 11.8. The average molecular weight is 255 g/mol. The van der Waals surface area contributed by atoms with Crippen molar-refractivity contribution in [3.05, 3.63) is 0 Å². The summed E-state index contributed by atoms with van der Waals surface area (Å²) in [4.78, 5) is 38.0. The fourth-order valence-corrected chi connectivity index (χ4v) is 1.85. The van der Waals surface area contributed by atoms with E-state index in [1.165, 1.54) is 4.90 Å². The molecule has 102 valence electrons. The quantitative estimate of drug-likeness (QED) is 0.682. The van der Waals surface area contributed by atoms with Crippen molar-refractivity contribution >= 4 is 17.7 Å². The van der Waals surface area contributed by atoms with Crippen LogP contribution in [0.1, 0.15) is 27.2 Å². The van der Waals surface area contributed by atoms with Gasteiger partial charge in [-0.05, 0) is 13.8 Å². The normalized spacial score (nSPS) is 15.8. The van der Waals surface area contributed by atoms with Gasteiger partial charge in [0, 0.05) is 38.6 Å². The zero-order valence-corrected chi connectivity index (χ0v) is 11.2. The zero-order chi connectivity index (χ0) is 13.7. The Hall–Kier alpha value is -1.59. The molecule has 0 aromatic heterocycles. The number of piperazine rings is 1. The summed E-state index contributed by atoms with van der Waals surface area (Å²) in [5.41, 5.74) is 0. The number of nitrogens with one attached hydrogen (secondary N) is 1. The third-order valence-corrected chi connectivity index (χ3v) is 2.84. The number of hydrogen-bond donors (Lipinski definition) is 1. The van der Waals surface area contributed by atoms with Gasteiger partial charge in [-0.2, -0.15) is 0 Å². The van der Waals surface area contributed by atoms with E-state index < -0.39 is 11.8 Å². The summed E-state index contributed by atoms with van der Waals surface area (Å²) in [5.74, 6) is -0.985. The van der Waals surface area contributed by atoms with E-state index in [4.69, 9.17) is 0 Å². The Labute approximate surface area is 107 Å². The summed E-state index contributed by atoms with van der Waals surface area (Å²) in [5, 5.41) is 2.57. The smallest absolute Gasteiger partial charge is 0.312 e. The molecule has 0 aliphatic carbocycles. The lowest BCUT2D eigenvalue weighted by Gasteiger charge is -2.34. The van der Waals surface area contributed by atoms with Crippen molar-refractivity contribution in [1.29, 1.82) is 0 Å². The summed E-state index contributed by atoms with van der Waals surface area (Å²) in [6.07, 6.45) is 0.474. The van der Waals surface area contributed by atoms with Gasteiger partial charge < -0.3 is 15.1 Å². The van der Waals surface area contributed by atoms with Gasteiger partial charge in [-0.25, -0.2) is 0 Å². The molecule has 0 radical (unpaired) electrons. The molecule has 1 aliphatic rings. The van der Waals surface area contributed by atoms with E-state index in [1.807, 2.05) is 20.8 Å². The molecular formula is C12H21N3O3. The molecular weight excluding hydrogens is 234 g/mol. The van der Waals surface area contributed by atoms with E-state index in [0.717, 1.165) is 0 Å². The minimum absolute atomic E-state index is 0.0515. The van der Waals surface area contributed by atoms with Crippen LogP contribution in [-0.2, 0) is 14.4 Å². The minimum atomic E-state index is -0.569. The predicted octanol–water partition coefficient (Wildman–Crippen LogP) is -0.408. The second-order valence-electron chi connectivity index (χ2n) is 4.65. The van der Waals surface area contributed by atoms with Crippen LogP contribution in [0.3, 0.4) is 0 Å². The average Bonchev–Trinajstić information content (AvgIpc) is 2.36. The van der Waals surface area contributed by atoms with E-state index in [9.17, 15) is 14.4 Å². The van der Waals surface area contributed by atoms with Gasteiger partial charge in [0.2, 0.25) is 5.91 Å². The SMILES string of the molecule is CCC(=O)N1CCN(C(=O)C(=O)NC(C)C)CC1. The lowest BCUT2D eigenvalue weighted by atomic mass is 10.2. The van der Waals surface area contributed by atoms with Crippen LogP contribution in [0.15, 0.2) is 0 Å². The molecule has 1 aliphatic heterocycles. The monoisotopic (exact) mass is 255 g/mol. The molecule has 0 spiro atoms. The fourth-order valence-electron chi connectivity index (χ4n) is 1.85. The highest BCUT2D eigenvalue weighted by Gasteiger charge is 2.27. The second-order valence-corrected chi connectivity index (χ2v) is 4.65. The van der Waals surface area contributed by atoms with Gasteiger partial charge in [-0.1, -0.05) is 6.92 Å². The molecule has 1 saturated heterocycles.